The summed E-state index contributed by atoms with van der Waals surface area (Å²) in [6.45, 7) is 4.91. The van der Waals surface area contributed by atoms with Gasteiger partial charge in [-0.15, -0.1) is 0 Å². The number of nitrogens with zero attached hydrogens (tertiary/aromatic N) is 3. The van der Waals surface area contributed by atoms with Gasteiger partial charge in [0.1, 0.15) is 6.07 Å². The van der Waals surface area contributed by atoms with Gasteiger partial charge in [0.15, 0.2) is 0 Å². The van der Waals surface area contributed by atoms with Crippen LogP contribution in [0.15, 0.2) is 73.2 Å². The van der Waals surface area contributed by atoms with E-state index in [0.717, 1.165) is 54.1 Å². The van der Waals surface area contributed by atoms with Crippen LogP contribution in [0.1, 0.15) is 28.7 Å². The monoisotopic (exact) mass is 419 g/mol. The molecule has 0 radical (unpaired) electrons. The molecule has 0 spiro atoms. The van der Waals surface area contributed by atoms with Crippen LogP contribution in [0.2, 0.25) is 0 Å². The molecule has 0 unspecified atom stereocenters. The summed E-state index contributed by atoms with van der Waals surface area (Å²) in [5.74, 6) is 0. The summed E-state index contributed by atoms with van der Waals surface area (Å²) < 4.78 is 0. The van der Waals surface area contributed by atoms with Crippen molar-refractivity contribution in [3.05, 3.63) is 95.5 Å². The van der Waals surface area contributed by atoms with E-state index in [-0.39, 0.29) is 0 Å². The predicted molar refractivity (Wildman–Crippen MR) is 130 cm³/mol. The van der Waals surface area contributed by atoms with Crippen molar-refractivity contribution in [3.8, 4) is 6.07 Å². The Hall–Kier alpha value is -3.88. The number of hydrogen-bond acceptors (Lipinski definition) is 4. The van der Waals surface area contributed by atoms with Gasteiger partial charge in [0.2, 0.25) is 0 Å². The van der Waals surface area contributed by atoms with Crippen LogP contribution in [-0.2, 0) is 6.54 Å². The molecule has 2 N–H and O–H groups in total. The lowest BCUT2D eigenvalue weighted by molar-refractivity contribution is 0.294. The molecule has 0 saturated carbocycles. The molecule has 3 heterocycles. The Morgan fingerprint density at radius 1 is 1.12 bits per heavy atom. The number of benzene rings is 2. The van der Waals surface area contributed by atoms with E-state index in [1.807, 2.05) is 12.4 Å². The molecule has 0 fully saturated rings. The van der Waals surface area contributed by atoms with E-state index in [2.05, 4.69) is 87.8 Å². The number of aromatic amines is 1. The zero-order valence-electron chi connectivity index (χ0n) is 18.1. The first-order valence-electron chi connectivity index (χ1n) is 10.9. The van der Waals surface area contributed by atoms with Gasteiger partial charge < -0.3 is 10.3 Å². The summed E-state index contributed by atoms with van der Waals surface area (Å²) >= 11 is 0. The number of hydrogen-bond donors (Lipinski definition) is 2. The lowest BCUT2D eigenvalue weighted by Crippen LogP contribution is -2.28. The van der Waals surface area contributed by atoms with Crippen molar-refractivity contribution in [2.75, 3.05) is 18.4 Å². The van der Waals surface area contributed by atoms with Gasteiger partial charge in [0, 0.05) is 60.4 Å². The molecule has 4 aromatic rings. The fraction of sp³-hybridized carbons (Fsp3) is 0.185. The molecular weight excluding hydrogens is 394 g/mol. The first-order chi connectivity index (χ1) is 15.7. The summed E-state index contributed by atoms with van der Waals surface area (Å²) in [4.78, 5) is 10.1. The van der Waals surface area contributed by atoms with Gasteiger partial charge in [0.25, 0.3) is 0 Å². The zero-order chi connectivity index (χ0) is 21.9. The van der Waals surface area contributed by atoms with Gasteiger partial charge in [0.05, 0.1) is 11.3 Å². The second-order valence-electron chi connectivity index (χ2n) is 8.22. The van der Waals surface area contributed by atoms with Crippen molar-refractivity contribution >= 4 is 27.9 Å². The molecule has 32 heavy (non-hydrogen) atoms. The summed E-state index contributed by atoms with van der Waals surface area (Å²) in [6.07, 6.45) is 8.67. The molecule has 0 amide bonds. The van der Waals surface area contributed by atoms with Crippen LogP contribution >= 0.6 is 0 Å². The third-order valence-corrected chi connectivity index (χ3v) is 6.22. The molecule has 5 nitrogen and oxygen atoms in total. The molecule has 5 heteroatoms. The fourth-order valence-corrected chi connectivity index (χ4v) is 4.42. The summed E-state index contributed by atoms with van der Waals surface area (Å²) in [5.41, 5.74) is 8.24. The van der Waals surface area contributed by atoms with Gasteiger partial charge in [-0.3, -0.25) is 9.88 Å². The summed E-state index contributed by atoms with van der Waals surface area (Å²) in [6, 6.07) is 19.1. The molecule has 0 bridgehead atoms. The van der Waals surface area contributed by atoms with Crippen molar-refractivity contribution in [1.29, 1.82) is 5.26 Å². The second kappa shape index (κ2) is 8.70. The van der Waals surface area contributed by atoms with Crippen LogP contribution < -0.4 is 5.32 Å². The Labute approximate surface area is 188 Å². The number of rotatable bonds is 5. The molecule has 1 aliphatic heterocycles. The zero-order valence-corrected chi connectivity index (χ0v) is 18.1. The molecular formula is C27H25N5. The SMILES string of the molecule is Cc1c(Nc2c(C#N)cncc2C2=CCN(Cc3ccccc3)CC2)ccc2[nH]ccc12. The first kappa shape index (κ1) is 20.0. The third kappa shape index (κ3) is 3.89. The van der Waals surface area contributed by atoms with Crippen LogP contribution in [0.5, 0.6) is 0 Å². The fourth-order valence-electron chi connectivity index (χ4n) is 4.42. The smallest absolute Gasteiger partial charge is 0.103 e. The number of aromatic nitrogens is 2. The average Bonchev–Trinajstić information content (AvgIpc) is 3.32. The number of anilines is 2. The number of pyridine rings is 1. The molecule has 5 rings (SSSR count). The second-order valence-corrected chi connectivity index (χ2v) is 8.22. The van der Waals surface area contributed by atoms with E-state index < -0.39 is 0 Å². The normalized spacial score (nSPS) is 14.2. The minimum atomic E-state index is 0.559. The molecule has 0 saturated heterocycles. The quantitative estimate of drug-likeness (QED) is 0.430. The van der Waals surface area contributed by atoms with Crippen molar-refractivity contribution < 1.29 is 0 Å². The van der Waals surface area contributed by atoms with Crippen molar-refractivity contribution in [2.45, 2.75) is 19.9 Å². The standard InChI is InChI=1S/C27H25N5/c1-19-23-9-12-30-26(23)8-7-25(19)31-27-22(15-28)16-29-17-24(27)21-10-13-32(14-11-21)18-20-5-3-2-4-6-20/h2-10,12,16-17,30H,11,13-14,18H2,1H3,(H,29,31). The number of nitriles is 1. The Morgan fingerprint density at radius 3 is 2.78 bits per heavy atom. The maximum Gasteiger partial charge on any atom is 0.103 e. The van der Waals surface area contributed by atoms with Gasteiger partial charge >= 0.3 is 0 Å². The Morgan fingerprint density at radius 2 is 2.00 bits per heavy atom. The summed E-state index contributed by atoms with van der Waals surface area (Å²) in [7, 11) is 0. The molecule has 0 aliphatic carbocycles. The van der Waals surface area contributed by atoms with Gasteiger partial charge in [-0.05, 0) is 48.2 Å². The molecule has 1 aliphatic rings. The first-order valence-corrected chi connectivity index (χ1v) is 10.9. The maximum atomic E-state index is 9.77. The van der Waals surface area contributed by atoms with Crippen LogP contribution in [0.4, 0.5) is 11.4 Å². The third-order valence-electron chi connectivity index (χ3n) is 6.22. The average molecular weight is 420 g/mol. The van der Waals surface area contributed by atoms with E-state index in [9.17, 15) is 5.26 Å². The van der Waals surface area contributed by atoms with Gasteiger partial charge in [-0.25, -0.2) is 0 Å². The van der Waals surface area contributed by atoms with E-state index in [4.69, 9.17) is 0 Å². The number of nitrogens with one attached hydrogen (secondary N) is 2. The Kier molecular flexibility index (Phi) is 5.45. The Bertz CT molecular complexity index is 1330. The van der Waals surface area contributed by atoms with Crippen molar-refractivity contribution in [3.63, 3.8) is 0 Å². The maximum absolute atomic E-state index is 9.77. The molecule has 2 aromatic heterocycles. The highest BCUT2D eigenvalue weighted by atomic mass is 15.1. The van der Waals surface area contributed by atoms with Crippen LogP contribution in [0.25, 0.3) is 16.5 Å². The molecule has 2 aromatic carbocycles. The van der Waals surface area contributed by atoms with E-state index in [1.54, 1.807) is 6.20 Å². The topological polar surface area (TPSA) is 67.7 Å². The predicted octanol–water partition coefficient (Wildman–Crippen LogP) is 5.78. The highest BCUT2D eigenvalue weighted by Gasteiger charge is 2.19. The van der Waals surface area contributed by atoms with Crippen LogP contribution in [0, 0.1) is 18.3 Å². The van der Waals surface area contributed by atoms with Crippen LogP contribution in [-0.4, -0.2) is 28.0 Å². The van der Waals surface area contributed by atoms with Gasteiger partial charge in [-0.2, -0.15) is 5.26 Å². The van der Waals surface area contributed by atoms with E-state index in [1.165, 1.54) is 16.5 Å². The Balaban J connectivity index is 1.44. The molecule has 0 atom stereocenters. The van der Waals surface area contributed by atoms with Crippen LogP contribution in [0.3, 0.4) is 0 Å². The summed E-state index contributed by atoms with van der Waals surface area (Å²) in [5, 5.41) is 14.5. The van der Waals surface area contributed by atoms with E-state index >= 15 is 0 Å². The van der Waals surface area contributed by atoms with Gasteiger partial charge in [-0.1, -0.05) is 36.4 Å². The minimum Gasteiger partial charge on any atom is -0.361 e. The molecule has 158 valence electrons. The largest absolute Gasteiger partial charge is 0.361 e. The highest BCUT2D eigenvalue weighted by molar-refractivity contribution is 5.90. The highest BCUT2D eigenvalue weighted by Crippen LogP contribution is 2.35. The number of aryl methyl sites for hydroxylation is 1. The minimum absolute atomic E-state index is 0.559. The van der Waals surface area contributed by atoms with Crippen molar-refractivity contribution in [1.82, 2.24) is 14.9 Å². The number of H-pyrrole nitrogens is 1. The lowest BCUT2D eigenvalue weighted by Gasteiger charge is -2.27. The number of fused-ring (bicyclic) bond motifs is 1. The van der Waals surface area contributed by atoms with Crippen molar-refractivity contribution in [2.24, 2.45) is 0 Å². The van der Waals surface area contributed by atoms with E-state index in [0.29, 0.717) is 5.56 Å². The lowest BCUT2D eigenvalue weighted by atomic mass is 9.97.